The summed E-state index contributed by atoms with van der Waals surface area (Å²) in [5.74, 6) is -0.0862. The van der Waals surface area contributed by atoms with E-state index in [1.807, 2.05) is 66.2 Å². The van der Waals surface area contributed by atoms with E-state index in [2.05, 4.69) is 0 Å². The lowest BCUT2D eigenvalue weighted by molar-refractivity contribution is -0.132. The number of anilines is 1. The minimum atomic E-state index is -0.937. The number of rotatable bonds is 3. The summed E-state index contributed by atoms with van der Waals surface area (Å²) in [6.07, 6.45) is 6.50. The fraction of sp³-hybridized carbons (Fsp3) is 0.118. The Labute approximate surface area is 123 Å². The van der Waals surface area contributed by atoms with E-state index in [-0.39, 0.29) is 5.70 Å². The second-order valence-corrected chi connectivity index (χ2v) is 4.78. The van der Waals surface area contributed by atoms with E-state index in [4.69, 9.17) is 0 Å². The number of para-hydroxylation sites is 1. The quantitative estimate of drug-likeness (QED) is 0.933. The van der Waals surface area contributed by atoms with Crippen LogP contribution >= 0.6 is 0 Å². The van der Waals surface area contributed by atoms with E-state index < -0.39 is 5.97 Å². The Morgan fingerprint density at radius 2 is 1.95 bits per heavy atom. The predicted octanol–water partition coefficient (Wildman–Crippen LogP) is 3.64. The number of aromatic nitrogens is 1. The topological polar surface area (TPSA) is 45.5 Å². The summed E-state index contributed by atoms with van der Waals surface area (Å²) >= 11 is 0. The highest BCUT2D eigenvalue weighted by Gasteiger charge is 2.27. The maximum absolute atomic E-state index is 11.7. The van der Waals surface area contributed by atoms with E-state index in [1.54, 1.807) is 11.0 Å². The average Bonchev–Trinajstić information content (AvgIpc) is 2.96. The molecule has 2 aromatic rings. The number of benzene rings is 1. The van der Waals surface area contributed by atoms with Gasteiger partial charge in [-0.25, -0.2) is 4.79 Å². The van der Waals surface area contributed by atoms with Crippen molar-refractivity contribution < 1.29 is 9.90 Å². The minimum Gasteiger partial charge on any atom is -0.477 e. The van der Waals surface area contributed by atoms with Crippen molar-refractivity contribution in [3.63, 3.8) is 0 Å². The van der Waals surface area contributed by atoms with Crippen LogP contribution in [0.5, 0.6) is 0 Å². The largest absolute Gasteiger partial charge is 0.477 e. The molecular weight excluding hydrogens is 264 g/mol. The molecule has 0 spiro atoms. The van der Waals surface area contributed by atoms with Crippen LogP contribution in [0.25, 0.3) is 11.9 Å². The first-order valence-electron chi connectivity index (χ1n) is 6.90. The van der Waals surface area contributed by atoms with Gasteiger partial charge in [0.05, 0.1) is 0 Å². The molecule has 0 saturated carbocycles. The number of carboxylic acids is 1. The molecule has 4 heteroatoms. The highest BCUT2D eigenvalue weighted by atomic mass is 16.4. The predicted molar refractivity (Wildman–Crippen MR) is 83.5 cm³/mol. The summed E-state index contributed by atoms with van der Waals surface area (Å²) < 4.78 is 2.00. The SMILES string of the molecule is CC/C=C1/N(c2ccccc2)C(C(=O)O)=Cc2cccn21. The van der Waals surface area contributed by atoms with E-state index in [1.165, 1.54) is 0 Å². The number of hydrogen-bond acceptors (Lipinski definition) is 2. The van der Waals surface area contributed by atoms with Gasteiger partial charge in [0, 0.05) is 17.6 Å². The van der Waals surface area contributed by atoms with Crippen molar-refractivity contribution in [2.24, 2.45) is 0 Å². The monoisotopic (exact) mass is 280 g/mol. The van der Waals surface area contributed by atoms with Gasteiger partial charge < -0.3 is 9.67 Å². The Hall–Kier alpha value is -2.75. The van der Waals surface area contributed by atoms with Gasteiger partial charge in [0.1, 0.15) is 11.5 Å². The summed E-state index contributed by atoms with van der Waals surface area (Å²) in [7, 11) is 0. The standard InChI is InChI=1S/C17H16N2O2/c1-2-7-16-18-11-6-10-14(18)12-15(17(20)21)19(16)13-8-4-3-5-9-13/h3-12H,2H2,1H3,(H,20,21)/b16-7+. The van der Waals surface area contributed by atoms with Crippen LogP contribution in [0.15, 0.2) is 60.4 Å². The van der Waals surface area contributed by atoms with Gasteiger partial charge in [-0.15, -0.1) is 0 Å². The number of hydrogen-bond donors (Lipinski definition) is 1. The number of carboxylic acid groups (broad SMARTS) is 1. The van der Waals surface area contributed by atoms with Crippen molar-refractivity contribution in [2.45, 2.75) is 13.3 Å². The molecule has 0 saturated heterocycles. The molecule has 2 heterocycles. The van der Waals surface area contributed by atoms with Crippen molar-refractivity contribution in [3.8, 4) is 0 Å². The summed E-state index contributed by atoms with van der Waals surface area (Å²) in [5.41, 5.74) is 1.97. The first kappa shape index (κ1) is 13.2. The average molecular weight is 280 g/mol. The Balaban J connectivity index is 2.23. The molecule has 3 rings (SSSR count). The molecule has 0 bridgehead atoms. The number of aliphatic carboxylic acids is 1. The molecule has 0 unspecified atom stereocenters. The van der Waals surface area contributed by atoms with Gasteiger partial charge in [-0.1, -0.05) is 25.1 Å². The molecule has 21 heavy (non-hydrogen) atoms. The number of fused-ring (bicyclic) bond motifs is 1. The molecule has 0 atom stereocenters. The zero-order valence-electron chi connectivity index (χ0n) is 11.7. The van der Waals surface area contributed by atoms with Crippen LogP contribution < -0.4 is 4.90 Å². The van der Waals surface area contributed by atoms with Crippen molar-refractivity contribution >= 4 is 23.6 Å². The van der Waals surface area contributed by atoms with E-state index in [0.29, 0.717) is 0 Å². The van der Waals surface area contributed by atoms with Gasteiger partial charge in [0.15, 0.2) is 0 Å². The Morgan fingerprint density at radius 3 is 2.62 bits per heavy atom. The molecule has 1 aliphatic rings. The molecule has 1 aromatic heterocycles. The number of nitrogens with zero attached hydrogens (tertiary/aromatic N) is 2. The van der Waals surface area contributed by atoms with Crippen molar-refractivity contribution in [1.29, 1.82) is 0 Å². The van der Waals surface area contributed by atoms with E-state index >= 15 is 0 Å². The van der Waals surface area contributed by atoms with Crippen LogP contribution in [-0.2, 0) is 4.79 Å². The van der Waals surface area contributed by atoms with Crippen LogP contribution in [0.3, 0.4) is 0 Å². The summed E-state index contributed by atoms with van der Waals surface area (Å²) in [6.45, 7) is 2.04. The van der Waals surface area contributed by atoms with Crippen LogP contribution in [0, 0.1) is 0 Å². The third-order valence-corrected chi connectivity index (χ3v) is 3.40. The third kappa shape index (κ3) is 2.25. The van der Waals surface area contributed by atoms with Crippen molar-refractivity contribution in [2.75, 3.05) is 4.90 Å². The maximum atomic E-state index is 11.7. The smallest absolute Gasteiger partial charge is 0.353 e. The fourth-order valence-corrected chi connectivity index (χ4v) is 2.53. The molecule has 0 radical (unpaired) electrons. The van der Waals surface area contributed by atoms with E-state index in [0.717, 1.165) is 23.6 Å². The van der Waals surface area contributed by atoms with E-state index in [9.17, 15) is 9.90 Å². The summed E-state index contributed by atoms with van der Waals surface area (Å²) in [5, 5.41) is 9.57. The van der Waals surface area contributed by atoms with Gasteiger partial charge in [-0.3, -0.25) is 4.90 Å². The highest BCUT2D eigenvalue weighted by Crippen LogP contribution is 2.33. The van der Waals surface area contributed by atoms with Crippen LogP contribution in [0.1, 0.15) is 19.0 Å². The minimum absolute atomic E-state index is 0.257. The lowest BCUT2D eigenvalue weighted by Crippen LogP contribution is -2.31. The molecule has 106 valence electrons. The zero-order valence-corrected chi connectivity index (χ0v) is 11.7. The lowest BCUT2D eigenvalue weighted by atomic mass is 10.2. The molecule has 0 amide bonds. The summed E-state index contributed by atoms with van der Waals surface area (Å²) in [4.78, 5) is 13.4. The van der Waals surface area contributed by atoms with Gasteiger partial charge in [-0.05, 0) is 42.8 Å². The summed E-state index contributed by atoms with van der Waals surface area (Å²) in [6, 6.07) is 13.4. The Morgan fingerprint density at radius 1 is 1.19 bits per heavy atom. The maximum Gasteiger partial charge on any atom is 0.353 e. The highest BCUT2D eigenvalue weighted by molar-refractivity contribution is 6.02. The zero-order chi connectivity index (χ0) is 14.8. The normalized spacial score (nSPS) is 15.8. The van der Waals surface area contributed by atoms with Crippen molar-refractivity contribution in [3.05, 3.63) is 66.1 Å². The molecule has 1 N–H and O–H groups in total. The number of allylic oxidation sites excluding steroid dienone is 1. The van der Waals surface area contributed by atoms with Gasteiger partial charge >= 0.3 is 5.97 Å². The second kappa shape index (κ2) is 5.32. The molecule has 1 aliphatic heterocycles. The first-order chi connectivity index (χ1) is 10.2. The molecular formula is C17H16N2O2. The van der Waals surface area contributed by atoms with Gasteiger partial charge in [0.25, 0.3) is 0 Å². The van der Waals surface area contributed by atoms with Gasteiger partial charge in [-0.2, -0.15) is 0 Å². The number of carbonyl (C=O) groups is 1. The third-order valence-electron chi connectivity index (χ3n) is 3.40. The molecule has 0 fully saturated rings. The first-order valence-corrected chi connectivity index (χ1v) is 6.90. The van der Waals surface area contributed by atoms with Crippen molar-refractivity contribution in [1.82, 2.24) is 4.57 Å². The van der Waals surface area contributed by atoms with Crippen LogP contribution in [0.2, 0.25) is 0 Å². The van der Waals surface area contributed by atoms with Crippen LogP contribution in [-0.4, -0.2) is 15.6 Å². The Bertz CT molecular complexity index is 726. The Kier molecular flexibility index (Phi) is 3.36. The second-order valence-electron chi connectivity index (χ2n) is 4.78. The molecule has 1 aromatic carbocycles. The lowest BCUT2D eigenvalue weighted by Gasteiger charge is -2.32. The van der Waals surface area contributed by atoms with Gasteiger partial charge in [0.2, 0.25) is 0 Å². The van der Waals surface area contributed by atoms with Crippen LogP contribution in [0.4, 0.5) is 5.69 Å². The molecule has 0 aliphatic carbocycles. The molecule has 4 nitrogen and oxygen atoms in total. The fourth-order valence-electron chi connectivity index (χ4n) is 2.53.